The number of rotatable bonds is 4. The van der Waals surface area contributed by atoms with Crippen molar-refractivity contribution in [3.8, 4) is 5.82 Å². The summed E-state index contributed by atoms with van der Waals surface area (Å²) in [4.78, 5) is 18.2. The van der Waals surface area contributed by atoms with Crippen molar-refractivity contribution in [3.63, 3.8) is 0 Å². The number of hydrogen-bond donors (Lipinski definition) is 1. The SMILES string of the molecule is Cc1cc(C)n(-c2ccc(NC(=O)N(C)Cc3cnn(C)c3)cn2)n1. The van der Waals surface area contributed by atoms with Gasteiger partial charge in [-0.05, 0) is 32.0 Å². The minimum absolute atomic E-state index is 0.204. The van der Waals surface area contributed by atoms with E-state index in [-0.39, 0.29) is 6.03 Å². The standard InChI is InChI=1S/C17H21N7O/c1-12-7-13(2)24(21-12)16-6-5-15(9-18-16)20-17(25)22(3)10-14-8-19-23(4)11-14/h5-9,11H,10H2,1-4H3,(H,20,25). The van der Waals surface area contributed by atoms with E-state index < -0.39 is 0 Å². The Kier molecular flexibility index (Phi) is 4.51. The molecule has 0 aromatic carbocycles. The van der Waals surface area contributed by atoms with Crippen LogP contribution in [0.3, 0.4) is 0 Å². The molecule has 0 aliphatic carbocycles. The summed E-state index contributed by atoms with van der Waals surface area (Å²) in [5, 5.41) is 11.3. The average Bonchev–Trinajstić information content (AvgIpc) is 3.13. The van der Waals surface area contributed by atoms with Crippen LogP contribution in [0.25, 0.3) is 5.82 Å². The number of anilines is 1. The first kappa shape index (κ1) is 16.7. The van der Waals surface area contributed by atoms with Crippen molar-refractivity contribution in [3.05, 3.63) is 53.7 Å². The lowest BCUT2D eigenvalue weighted by Crippen LogP contribution is -2.30. The third-order valence-corrected chi connectivity index (χ3v) is 3.75. The summed E-state index contributed by atoms with van der Waals surface area (Å²) < 4.78 is 3.48. The molecular formula is C17H21N7O. The van der Waals surface area contributed by atoms with Gasteiger partial charge in [0.05, 0.1) is 30.3 Å². The molecule has 0 aliphatic heterocycles. The average molecular weight is 339 g/mol. The fourth-order valence-electron chi connectivity index (χ4n) is 2.56. The molecule has 0 atom stereocenters. The Bertz CT molecular complexity index is 879. The van der Waals surface area contributed by atoms with Crippen molar-refractivity contribution < 1.29 is 4.79 Å². The molecule has 3 aromatic rings. The number of amides is 2. The van der Waals surface area contributed by atoms with Crippen LogP contribution in [0.1, 0.15) is 17.0 Å². The topological polar surface area (TPSA) is 80.9 Å². The molecule has 0 radical (unpaired) electrons. The first-order valence-corrected chi connectivity index (χ1v) is 7.92. The Morgan fingerprint density at radius 1 is 1.28 bits per heavy atom. The van der Waals surface area contributed by atoms with Crippen LogP contribution in [0.2, 0.25) is 0 Å². The van der Waals surface area contributed by atoms with Crippen molar-refractivity contribution in [1.29, 1.82) is 0 Å². The van der Waals surface area contributed by atoms with E-state index >= 15 is 0 Å². The highest BCUT2D eigenvalue weighted by Crippen LogP contribution is 2.13. The van der Waals surface area contributed by atoms with Gasteiger partial charge in [0.25, 0.3) is 0 Å². The van der Waals surface area contributed by atoms with Crippen LogP contribution in [-0.4, -0.2) is 42.5 Å². The molecule has 0 fully saturated rings. The van der Waals surface area contributed by atoms with E-state index in [4.69, 9.17) is 0 Å². The maximum atomic E-state index is 12.3. The summed E-state index contributed by atoms with van der Waals surface area (Å²) >= 11 is 0. The molecular weight excluding hydrogens is 318 g/mol. The minimum Gasteiger partial charge on any atom is -0.323 e. The molecule has 8 heteroatoms. The van der Waals surface area contributed by atoms with Gasteiger partial charge in [-0.15, -0.1) is 0 Å². The predicted octanol–water partition coefficient (Wildman–Crippen LogP) is 2.28. The Morgan fingerprint density at radius 2 is 2.08 bits per heavy atom. The molecule has 3 heterocycles. The lowest BCUT2D eigenvalue weighted by Gasteiger charge is -2.17. The Labute approximate surface area is 146 Å². The molecule has 25 heavy (non-hydrogen) atoms. The fraction of sp³-hybridized carbons (Fsp3) is 0.294. The van der Waals surface area contributed by atoms with E-state index in [9.17, 15) is 4.79 Å². The third kappa shape index (κ3) is 3.85. The summed E-state index contributed by atoms with van der Waals surface area (Å²) in [6, 6.07) is 5.43. The zero-order valence-electron chi connectivity index (χ0n) is 14.8. The first-order chi connectivity index (χ1) is 11.9. The van der Waals surface area contributed by atoms with Gasteiger partial charge in [-0.25, -0.2) is 14.5 Å². The minimum atomic E-state index is -0.204. The number of carbonyl (C=O) groups is 1. The zero-order valence-corrected chi connectivity index (χ0v) is 14.8. The zero-order chi connectivity index (χ0) is 18.0. The van der Waals surface area contributed by atoms with E-state index in [1.165, 1.54) is 0 Å². The van der Waals surface area contributed by atoms with Crippen LogP contribution in [0.15, 0.2) is 36.8 Å². The molecule has 0 saturated carbocycles. The molecule has 1 N–H and O–H groups in total. The van der Waals surface area contributed by atoms with Crippen molar-refractivity contribution >= 4 is 11.7 Å². The third-order valence-electron chi connectivity index (χ3n) is 3.75. The highest BCUT2D eigenvalue weighted by Gasteiger charge is 2.11. The van der Waals surface area contributed by atoms with Gasteiger partial charge in [0, 0.05) is 31.5 Å². The quantitative estimate of drug-likeness (QED) is 0.791. The van der Waals surface area contributed by atoms with Crippen LogP contribution in [0, 0.1) is 13.8 Å². The number of hydrogen-bond acceptors (Lipinski definition) is 4. The summed E-state index contributed by atoms with van der Waals surface area (Å²) in [7, 11) is 3.58. The van der Waals surface area contributed by atoms with Gasteiger partial charge in [0.2, 0.25) is 0 Å². The van der Waals surface area contributed by atoms with Crippen molar-refractivity contribution in [2.45, 2.75) is 20.4 Å². The van der Waals surface area contributed by atoms with E-state index in [1.54, 1.807) is 33.7 Å². The van der Waals surface area contributed by atoms with Gasteiger partial charge in [-0.2, -0.15) is 10.2 Å². The lowest BCUT2D eigenvalue weighted by atomic mass is 10.3. The van der Waals surface area contributed by atoms with Crippen LogP contribution in [0.4, 0.5) is 10.5 Å². The van der Waals surface area contributed by atoms with Crippen LogP contribution in [-0.2, 0) is 13.6 Å². The van der Waals surface area contributed by atoms with Crippen LogP contribution in [0.5, 0.6) is 0 Å². The molecule has 3 rings (SSSR count). The summed E-state index contributed by atoms with van der Waals surface area (Å²) in [5.74, 6) is 0.715. The Morgan fingerprint density at radius 3 is 2.64 bits per heavy atom. The van der Waals surface area contributed by atoms with Crippen LogP contribution >= 0.6 is 0 Å². The normalized spacial score (nSPS) is 10.7. The molecule has 3 aromatic heterocycles. The van der Waals surface area contributed by atoms with E-state index in [1.807, 2.05) is 45.3 Å². The van der Waals surface area contributed by atoms with Gasteiger partial charge in [-0.3, -0.25) is 4.68 Å². The second-order valence-electron chi connectivity index (χ2n) is 6.05. The van der Waals surface area contributed by atoms with Gasteiger partial charge >= 0.3 is 6.03 Å². The molecule has 8 nitrogen and oxygen atoms in total. The summed E-state index contributed by atoms with van der Waals surface area (Å²) in [6.45, 7) is 4.40. The molecule has 2 amide bonds. The second-order valence-corrected chi connectivity index (χ2v) is 6.05. The second kappa shape index (κ2) is 6.76. The molecule has 0 saturated heterocycles. The number of urea groups is 1. The Hall–Kier alpha value is -3.16. The number of pyridine rings is 1. The highest BCUT2D eigenvalue weighted by molar-refractivity contribution is 5.88. The molecule has 0 unspecified atom stereocenters. The number of nitrogens with one attached hydrogen (secondary N) is 1. The largest absolute Gasteiger partial charge is 0.323 e. The lowest BCUT2D eigenvalue weighted by molar-refractivity contribution is 0.220. The summed E-state index contributed by atoms with van der Waals surface area (Å²) in [6.07, 6.45) is 5.25. The van der Waals surface area contributed by atoms with E-state index in [0.29, 0.717) is 18.1 Å². The predicted molar refractivity (Wildman–Crippen MR) is 94.5 cm³/mol. The number of nitrogens with zero attached hydrogens (tertiary/aromatic N) is 6. The molecule has 0 spiro atoms. The smallest absolute Gasteiger partial charge is 0.321 e. The molecule has 0 bridgehead atoms. The Balaban J connectivity index is 1.64. The van der Waals surface area contributed by atoms with Crippen molar-refractivity contribution in [2.24, 2.45) is 7.05 Å². The van der Waals surface area contributed by atoms with Crippen molar-refractivity contribution in [1.82, 2.24) is 29.4 Å². The molecule has 130 valence electrons. The highest BCUT2D eigenvalue weighted by atomic mass is 16.2. The van der Waals surface area contributed by atoms with Crippen molar-refractivity contribution in [2.75, 3.05) is 12.4 Å². The number of carbonyl (C=O) groups excluding carboxylic acids is 1. The van der Waals surface area contributed by atoms with Gasteiger partial charge in [-0.1, -0.05) is 0 Å². The van der Waals surface area contributed by atoms with E-state index in [0.717, 1.165) is 17.0 Å². The monoisotopic (exact) mass is 339 g/mol. The fourth-order valence-corrected chi connectivity index (χ4v) is 2.56. The molecule has 0 aliphatic rings. The van der Waals surface area contributed by atoms with Crippen LogP contribution < -0.4 is 5.32 Å². The maximum absolute atomic E-state index is 12.3. The summed E-state index contributed by atoms with van der Waals surface area (Å²) in [5.41, 5.74) is 3.55. The van der Waals surface area contributed by atoms with Gasteiger partial charge < -0.3 is 10.2 Å². The van der Waals surface area contributed by atoms with E-state index in [2.05, 4.69) is 20.5 Å². The first-order valence-electron chi connectivity index (χ1n) is 7.92. The van der Waals surface area contributed by atoms with Gasteiger partial charge in [0.15, 0.2) is 5.82 Å². The van der Waals surface area contributed by atoms with Gasteiger partial charge in [0.1, 0.15) is 0 Å². The number of aryl methyl sites for hydroxylation is 3. The maximum Gasteiger partial charge on any atom is 0.321 e. The number of aromatic nitrogens is 5.